The fourth-order valence-electron chi connectivity index (χ4n) is 4.26. The summed E-state index contributed by atoms with van der Waals surface area (Å²) in [6, 6.07) is 16.4. The van der Waals surface area contributed by atoms with Crippen LogP contribution in [0.3, 0.4) is 0 Å². The minimum absolute atomic E-state index is 0.165. The SMILES string of the molecule is CC(C)N(Cc1nn(-c2ccccc2)c2c1CN(Cc1ccc(F)cc1)CC2)S(C)(=O)=O. The number of halogens is 1. The molecule has 170 valence electrons. The van der Waals surface area contributed by atoms with Crippen molar-refractivity contribution >= 4 is 10.0 Å². The summed E-state index contributed by atoms with van der Waals surface area (Å²) < 4.78 is 41.5. The van der Waals surface area contributed by atoms with E-state index in [2.05, 4.69) is 4.90 Å². The van der Waals surface area contributed by atoms with Crippen LogP contribution in [-0.2, 0) is 36.1 Å². The third-order valence-electron chi connectivity index (χ3n) is 5.85. The van der Waals surface area contributed by atoms with Gasteiger partial charge < -0.3 is 0 Å². The van der Waals surface area contributed by atoms with Gasteiger partial charge in [0.1, 0.15) is 5.82 Å². The molecule has 0 amide bonds. The smallest absolute Gasteiger partial charge is 0.211 e. The van der Waals surface area contributed by atoms with E-state index in [1.165, 1.54) is 22.7 Å². The summed E-state index contributed by atoms with van der Waals surface area (Å²) in [5, 5.41) is 4.89. The Morgan fingerprint density at radius 1 is 1.09 bits per heavy atom. The molecule has 1 aliphatic heterocycles. The number of hydrogen-bond acceptors (Lipinski definition) is 4. The maximum Gasteiger partial charge on any atom is 0.211 e. The average Bonchev–Trinajstić information content (AvgIpc) is 3.11. The highest BCUT2D eigenvalue weighted by molar-refractivity contribution is 7.88. The standard InChI is InChI=1S/C24H29FN4O2S/c1-18(2)28(32(3,30)31)17-23-22-16-27(15-19-9-11-20(25)12-10-19)14-13-24(22)29(26-23)21-7-5-4-6-8-21/h4-12,18H,13-17H2,1-3H3. The second-order valence-corrected chi connectivity index (χ2v) is 10.5. The lowest BCUT2D eigenvalue weighted by atomic mass is 10.0. The molecule has 8 heteroatoms. The molecule has 3 aromatic rings. The van der Waals surface area contributed by atoms with E-state index in [1.807, 2.05) is 61.0 Å². The quantitative estimate of drug-likeness (QED) is 0.544. The van der Waals surface area contributed by atoms with E-state index in [9.17, 15) is 12.8 Å². The van der Waals surface area contributed by atoms with Crippen LogP contribution in [-0.4, -0.2) is 46.2 Å². The Hall–Kier alpha value is -2.55. The van der Waals surface area contributed by atoms with Crippen LogP contribution in [0, 0.1) is 5.82 Å². The fraction of sp³-hybridized carbons (Fsp3) is 0.375. The van der Waals surface area contributed by atoms with E-state index in [0.717, 1.165) is 41.2 Å². The first-order valence-electron chi connectivity index (χ1n) is 10.8. The number of para-hydroxylation sites is 1. The third kappa shape index (κ3) is 4.92. The van der Waals surface area contributed by atoms with Crippen molar-refractivity contribution in [3.63, 3.8) is 0 Å². The highest BCUT2D eigenvalue weighted by Gasteiger charge is 2.29. The van der Waals surface area contributed by atoms with E-state index < -0.39 is 10.0 Å². The lowest BCUT2D eigenvalue weighted by Gasteiger charge is -2.29. The maximum atomic E-state index is 13.3. The second-order valence-electron chi connectivity index (χ2n) is 8.61. The Kier molecular flexibility index (Phi) is 6.46. The van der Waals surface area contributed by atoms with Gasteiger partial charge in [-0.3, -0.25) is 4.90 Å². The van der Waals surface area contributed by atoms with Crippen molar-refractivity contribution < 1.29 is 12.8 Å². The highest BCUT2D eigenvalue weighted by atomic mass is 32.2. The highest BCUT2D eigenvalue weighted by Crippen LogP contribution is 2.28. The van der Waals surface area contributed by atoms with Crippen LogP contribution in [0.15, 0.2) is 54.6 Å². The summed E-state index contributed by atoms with van der Waals surface area (Å²) in [5.41, 5.74) is 5.01. The topological polar surface area (TPSA) is 58.4 Å². The zero-order valence-corrected chi connectivity index (χ0v) is 19.5. The maximum absolute atomic E-state index is 13.3. The van der Waals surface area contributed by atoms with Gasteiger partial charge >= 0.3 is 0 Å². The molecular formula is C24H29FN4O2S. The number of benzene rings is 2. The molecule has 4 rings (SSSR count). The largest absolute Gasteiger partial charge is 0.294 e. The summed E-state index contributed by atoms with van der Waals surface area (Å²) in [7, 11) is -3.38. The molecule has 1 aliphatic rings. The molecule has 0 bridgehead atoms. The molecule has 1 aromatic heterocycles. The van der Waals surface area contributed by atoms with Gasteiger partial charge in [0, 0.05) is 37.7 Å². The first-order chi connectivity index (χ1) is 15.2. The van der Waals surface area contributed by atoms with Gasteiger partial charge in [-0.15, -0.1) is 0 Å². The van der Waals surface area contributed by atoms with Crippen molar-refractivity contribution in [1.82, 2.24) is 19.0 Å². The van der Waals surface area contributed by atoms with Crippen molar-refractivity contribution in [2.45, 2.75) is 45.9 Å². The van der Waals surface area contributed by atoms with Crippen molar-refractivity contribution in [2.24, 2.45) is 0 Å². The Bertz CT molecular complexity index is 1170. The summed E-state index contributed by atoms with van der Waals surface area (Å²) in [5.74, 6) is -0.240. The van der Waals surface area contributed by atoms with Crippen LogP contribution >= 0.6 is 0 Å². The lowest BCUT2D eigenvalue weighted by molar-refractivity contribution is 0.241. The van der Waals surface area contributed by atoms with Gasteiger partial charge in [-0.05, 0) is 43.7 Å². The van der Waals surface area contributed by atoms with Gasteiger partial charge in [-0.1, -0.05) is 30.3 Å². The van der Waals surface area contributed by atoms with E-state index >= 15 is 0 Å². The van der Waals surface area contributed by atoms with Gasteiger partial charge in [0.15, 0.2) is 0 Å². The summed E-state index contributed by atoms with van der Waals surface area (Å²) >= 11 is 0. The second kappa shape index (κ2) is 9.13. The van der Waals surface area contributed by atoms with Gasteiger partial charge in [0.2, 0.25) is 10.0 Å². The molecule has 2 heterocycles. The molecule has 0 unspecified atom stereocenters. The summed E-state index contributed by atoms with van der Waals surface area (Å²) in [6.45, 7) is 6.22. The molecule has 0 N–H and O–H groups in total. The van der Waals surface area contributed by atoms with Gasteiger partial charge in [0.25, 0.3) is 0 Å². The summed E-state index contributed by atoms with van der Waals surface area (Å²) in [4.78, 5) is 2.30. The van der Waals surface area contributed by atoms with Crippen LogP contribution in [0.5, 0.6) is 0 Å². The Labute approximate surface area is 189 Å². The van der Waals surface area contributed by atoms with Gasteiger partial charge in [-0.25, -0.2) is 17.5 Å². The van der Waals surface area contributed by atoms with Gasteiger partial charge in [-0.2, -0.15) is 9.40 Å². The van der Waals surface area contributed by atoms with Crippen molar-refractivity contribution in [1.29, 1.82) is 0 Å². The Morgan fingerprint density at radius 3 is 2.41 bits per heavy atom. The first-order valence-corrected chi connectivity index (χ1v) is 12.7. The molecule has 6 nitrogen and oxygen atoms in total. The Morgan fingerprint density at radius 2 is 1.78 bits per heavy atom. The zero-order valence-electron chi connectivity index (χ0n) is 18.7. The molecule has 0 fully saturated rings. The van der Waals surface area contributed by atoms with Crippen LogP contribution in [0.2, 0.25) is 0 Å². The zero-order chi connectivity index (χ0) is 22.9. The van der Waals surface area contributed by atoms with E-state index in [0.29, 0.717) is 13.1 Å². The van der Waals surface area contributed by atoms with Crippen molar-refractivity contribution in [2.75, 3.05) is 12.8 Å². The lowest BCUT2D eigenvalue weighted by Crippen LogP contribution is -2.36. The van der Waals surface area contributed by atoms with E-state index in [1.54, 1.807) is 0 Å². The molecule has 0 saturated carbocycles. The number of fused-ring (bicyclic) bond motifs is 1. The predicted octanol–water partition coefficient (Wildman–Crippen LogP) is 3.74. The predicted molar refractivity (Wildman–Crippen MR) is 123 cm³/mol. The number of aromatic nitrogens is 2. The molecule has 0 radical (unpaired) electrons. The monoisotopic (exact) mass is 456 g/mol. The van der Waals surface area contributed by atoms with Crippen LogP contribution < -0.4 is 0 Å². The minimum Gasteiger partial charge on any atom is -0.294 e. The van der Waals surface area contributed by atoms with E-state index in [4.69, 9.17) is 5.10 Å². The number of rotatable bonds is 7. The molecular weight excluding hydrogens is 427 g/mol. The van der Waals surface area contributed by atoms with Crippen molar-refractivity contribution in [3.05, 3.63) is 82.9 Å². The van der Waals surface area contributed by atoms with Crippen molar-refractivity contribution in [3.8, 4) is 5.69 Å². The van der Waals surface area contributed by atoms with Crippen LogP contribution in [0.1, 0.15) is 36.4 Å². The third-order valence-corrected chi connectivity index (χ3v) is 7.25. The number of nitrogens with zero attached hydrogens (tertiary/aromatic N) is 4. The molecule has 0 atom stereocenters. The molecule has 0 spiro atoms. The molecule has 32 heavy (non-hydrogen) atoms. The minimum atomic E-state index is -3.38. The Balaban J connectivity index is 1.69. The van der Waals surface area contributed by atoms with E-state index in [-0.39, 0.29) is 18.4 Å². The van der Waals surface area contributed by atoms with Crippen LogP contribution in [0.4, 0.5) is 4.39 Å². The fourth-order valence-corrected chi connectivity index (χ4v) is 5.39. The summed E-state index contributed by atoms with van der Waals surface area (Å²) in [6.07, 6.45) is 2.05. The average molecular weight is 457 g/mol. The number of hydrogen-bond donors (Lipinski definition) is 0. The normalized spacial score (nSPS) is 14.8. The molecule has 0 saturated heterocycles. The van der Waals surface area contributed by atoms with Gasteiger partial charge in [0.05, 0.1) is 29.9 Å². The molecule has 2 aromatic carbocycles. The molecule has 0 aliphatic carbocycles. The number of sulfonamides is 1. The first kappa shape index (κ1) is 22.6. The van der Waals surface area contributed by atoms with Crippen LogP contribution in [0.25, 0.3) is 5.69 Å².